The van der Waals surface area contributed by atoms with Gasteiger partial charge in [-0.05, 0) is 19.3 Å². The minimum absolute atomic E-state index is 0.0442. The van der Waals surface area contributed by atoms with E-state index in [1.807, 2.05) is 4.90 Å². The van der Waals surface area contributed by atoms with Crippen LogP contribution < -0.4 is 5.32 Å². The van der Waals surface area contributed by atoms with Crippen molar-refractivity contribution < 1.29 is 14.7 Å². The maximum Gasteiger partial charge on any atom is 0.225 e. The molecule has 1 aliphatic carbocycles. The van der Waals surface area contributed by atoms with E-state index in [9.17, 15) is 9.59 Å². The second-order valence-corrected chi connectivity index (χ2v) is 5.25. The van der Waals surface area contributed by atoms with Crippen LogP contribution in [0.25, 0.3) is 0 Å². The zero-order valence-corrected chi connectivity index (χ0v) is 10.7. The first kappa shape index (κ1) is 13.3. The van der Waals surface area contributed by atoms with Crippen molar-refractivity contribution in [1.82, 2.24) is 10.2 Å². The largest absolute Gasteiger partial charge is 0.396 e. The molecule has 1 atom stereocenters. The summed E-state index contributed by atoms with van der Waals surface area (Å²) in [6, 6.07) is 0.368. The van der Waals surface area contributed by atoms with Gasteiger partial charge in [0.05, 0.1) is 5.92 Å². The molecular formula is C13H22N2O3. The molecule has 2 N–H and O–H groups in total. The highest BCUT2D eigenvalue weighted by Crippen LogP contribution is 2.29. The average molecular weight is 254 g/mol. The van der Waals surface area contributed by atoms with Crippen molar-refractivity contribution in [3.63, 3.8) is 0 Å². The number of amides is 2. The number of aliphatic hydroxyl groups excluding tert-OH is 1. The van der Waals surface area contributed by atoms with Crippen molar-refractivity contribution >= 4 is 11.8 Å². The molecule has 1 saturated carbocycles. The van der Waals surface area contributed by atoms with Gasteiger partial charge in [-0.15, -0.1) is 0 Å². The van der Waals surface area contributed by atoms with E-state index in [0.29, 0.717) is 32.0 Å². The normalized spacial score (nSPS) is 24.8. The Balaban J connectivity index is 1.81. The van der Waals surface area contributed by atoms with Crippen molar-refractivity contribution in [2.75, 3.05) is 19.7 Å². The Hall–Kier alpha value is -1.10. The second kappa shape index (κ2) is 6.18. The summed E-state index contributed by atoms with van der Waals surface area (Å²) in [6.07, 6.45) is 5.49. The fourth-order valence-electron chi connectivity index (χ4n) is 2.91. The lowest BCUT2D eigenvalue weighted by molar-refractivity contribution is -0.130. The summed E-state index contributed by atoms with van der Waals surface area (Å²) in [5.41, 5.74) is 0. The number of nitrogens with zero attached hydrogens (tertiary/aromatic N) is 1. The lowest BCUT2D eigenvalue weighted by Gasteiger charge is -2.23. The third-order valence-corrected chi connectivity index (χ3v) is 3.93. The standard InChI is InChI=1S/C13H22N2O3/c16-7-3-6-14-13(18)10-8-12(17)15(9-10)11-4-1-2-5-11/h10-11,16H,1-9H2,(H,14,18). The predicted molar refractivity (Wildman–Crippen MR) is 66.8 cm³/mol. The first-order chi connectivity index (χ1) is 8.72. The zero-order valence-electron chi connectivity index (χ0n) is 10.7. The molecule has 0 aromatic heterocycles. The molecule has 1 saturated heterocycles. The van der Waals surface area contributed by atoms with Gasteiger partial charge in [-0.3, -0.25) is 9.59 Å². The molecule has 1 unspecified atom stereocenters. The van der Waals surface area contributed by atoms with Gasteiger partial charge in [0.25, 0.3) is 0 Å². The summed E-state index contributed by atoms with van der Waals surface area (Å²) in [4.78, 5) is 25.7. The maximum atomic E-state index is 11.9. The molecular weight excluding hydrogens is 232 g/mol. The molecule has 0 radical (unpaired) electrons. The van der Waals surface area contributed by atoms with Gasteiger partial charge in [0.1, 0.15) is 0 Å². The third-order valence-electron chi connectivity index (χ3n) is 3.93. The van der Waals surface area contributed by atoms with E-state index < -0.39 is 0 Å². The van der Waals surface area contributed by atoms with Crippen LogP contribution >= 0.6 is 0 Å². The summed E-state index contributed by atoms with van der Waals surface area (Å²) >= 11 is 0. The first-order valence-electron chi connectivity index (χ1n) is 6.90. The van der Waals surface area contributed by atoms with Gasteiger partial charge in [0.2, 0.25) is 11.8 Å². The molecule has 2 fully saturated rings. The Labute approximate surface area is 108 Å². The lowest BCUT2D eigenvalue weighted by atomic mass is 10.1. The summed E-state index contributed by atoms with van der Waals surface area (Å²) in [6.45, 7) is 1.15. The van der Waals surface area contributed by atoms with Crippen molar-refractivity contribution in [3.8, 4) is 0 Å². The van der Waals surface area contributed by atoms with Gasteiger partial charge >= 0.3 is 0 Å². The van der Waals surface area contributed by atoms with Gasteiger partial charge in [-0.1, -0.05) is 12.8 Å². The average Bonchev–Trinajstić information content (AvgIpc) is 2.97. The third kappa shape index (κ3) is 3.02. The Morgan fingerprint density at radius 2 is 2.11 bits per heavy atom. The SMILES string of the molecule is O=C(NCCCO)C1CC(=O)N(C2CCCC2)C1. The molecule has 1 aliphatic heterocycles. The maximum absolute atomic E-state index is 11.9. The van der Waals surface area contributed by atoms with Crippen LogP contribution in [0.2, 0.25) is 0 Å². The van der Waals surface area contributed by atoms with Gasteiger partial charge < -0.3 is 15.3 Å². The van der Waals surface area contributed by atoms with Crippen LogP contribution in [0, 0.1) is 5.92 Å². The van der Waals surface area contributed by atoms with Crippen LogP contribution in [-0.4, -0.2) is 47.6 Å². The molecule has 2 aliphatic rings. The van der Waals surface area contributed by atoms with E-state index in [1.165, 1.54) is 12.8 Å². The first-order valence-corrected chi connectivity index (χ1v) is 6.90. The number of likely N-dealkylation sites (tertiary alicyclic amines) is 1. The van der Waals surface area contributed by atoms with E-state index in [-0.39, 0.29) is 24.3 Å². The van der Waals surface area contributed by atoms with Crippen molar-refractivity contribution in [2.24, 2.45) is 5.92 Å². The number of nitrogens with one attached hydrogen (secondary N) is 1. The van der Waals surface area contributed by atoms with Crippen molar-refractivity contribution in [3.05, 3.63) is 0 Å². The zero-order chi connectivity index (χ0) is 13.0. The van der Waals surface area contributed by atoms with Gasteiger partial charge in [-0.2, -0.15) is 0 Å². The number of hydrogen-bond acceptors (Lipinski definition) is 3. The number of hydrogen-bond donors (Lipinski definition) is 2. The van der Waals surface area contributed by atoms with Crippen LogP contribution in [0.3, 0.4) is 0 Å². The summed E-state index contributed by atoms with van der Waals surface area (Å²) < 4.78 is 0. The highest BCUT2D eigenvalue weighted by molar-refractivity contribution is 5.89. The van der Waals surface area contributed by atoms with E-state index in [2.05, 4.69) is 5.32 Å². The minimum Gasteiger partial charge on any atom is -0.396 e. The second-order valence-electron chi connectivity index (χ2n) is 5.25. The number of aliphatic hydroxyl groups is 1. The Morgan fingerprint density at radius 3 is 2.78 bits per heavy atom. The number of carbonyl (C=O) groups excluding carboxylic acids is 2. The van der Waals surface area contributed by atoms with Crippen LogP contribution in [0.4, 0.5) is 0 Å². The van der Waals surface area contributed by atoms with E-state index >= 15 is 0 Å². The molecule has 0 spiro atoms. The highest BCUT2D eigenvalue weighted by atomic mass is 16.3. The minimum atomic E-state index is -0.197. The summed E-state index contributed by atoms with van der Waals surface area (Å²) in [5, 5.41) is 11.4. The molecule has 5 nitrogen and oxygen atoms in total. The fourth-order valence-corrected chi connectivity index (χ4v) is 2.91. The van der Waals surface area contributed by atoms with Crippen molar-refractivity contribution in [1.29, 1.82) is 0 Å². The van der Waals surface area contributed by atoms with Gasteiger partial charge in [-0.25, -0.2) is 0 Å². The molecule has 0 aromatic carbocycles. The molecule has 102 valence electrons. The van der Waals surface area contributed by atoms with Crippen molar-refractivity contribution in [2.45, 2.75) is 44.6 Å². The Morgan fingerprint density at radius 1 is 1.39 bits per heavy atom. The smallest absolute Gasteiger partial charge is 0.225 e. The monoisotopic (exact) mass is 254 g/mol. The topological polar surface area (TPSA) is 69.6 Å². The quantitative estimate of drug-likeness (QED) is 0.692. The van der Waals surface area contributed by atoms with E-state index in [0.717, 1.165) is 12.8 Å². The Bertz CT molecular complexity index is 313. The van der Waals surface area contributed by atoms with Crippen LogP contribution in [-0.2, 0) is 9.59 Å². The van der Waals surface area contributed by atoms with Crippen LogP contribution in [0.5, 0.6) is 0 Å². The Kier molecular flexibility index (Phi) is 4.58. The molecule has 1 heterocycles. The van der Waals surface area contributed by atoms with Gasteiger partial charge in [0, 0.05) is 32.2 Å². The predicted octanol–water partition coefficient (Wildman–Crippen LogP) is 0.276. The molecule has 5 heteroatoms. The fraction of sp³-hybridized carbons (Fsp3) is 0.846. The molecule has 2 amide bonds. The van der Waals surface area contributed by atoms with E-state index in [1.54, 1.807) is 0 Å². The number of rotatable bonds is 5. The molecule has 0 bridgehead atoms. The molecule has 18 heavy (non-hydrogen) atoms. The molecule has 2 rings (SSSR count). The van der Waals surface area contributed by atoms with Crippen LogP contribution in [0.1, 0.15) is 38.5 Å². The van der Waals surface area contributed by atoms with Crippen LogP contribution in [0.15, 0.2) is 0 Å². The number of carbonyl (C=O) groups is 2. The summed E-state index contributed by atoms with van der Waals surface area (Å²) in [5.74, 6) is -0.113. The summed E-state index contributed by atoms with van der Waals surface area (Å²) in [7, 11) is 0. The highest BCUT2D eigenvalue weighted by Gasteiger charge is 2.38. The lowest BCUT2D eigenvalue weighted by Crippen LogP contribution is -2.37. The van der Waals surface area contributed by atoms with Gasteiger partial charge in [0.15, 0.2) is 0 Å². The molecule has 0 aromatic rings. The van der Waals surface area contributed by atoms with E-state index in [4.69, 9.17) is 5.11 Å².